The van der Waals surface area contributed by atoms with Gasteiger partial charge < -0.3 is 15.1 Å². The van der Waals surface area contributed by atoms with E-state index in [4.69, 9.17) is 9.40 Å². The van der Waals surface area contributed by atoms with Gasteiger partial charge in [-0.15, -0.1) is 0 Å². The average Bonchev–Trinajstić information content (AvgIpc) is 3.47. The molecule has 0 aliphatic heterocycles. The van der Waals surface area contributed by atoms with Crippen LogP contribution in [0.4, 0.5) is 0 Å². The third-order valence-electron chi connectivity index (χ3n) is 4.93. The fourth-order valence-corrected chi connectivity index (χ4v) is 3.22. The van der Waals surface area contributed by atoms with Crippen LogP contribution in [0.3, 0.4) is 0 Å². The van der Waals surface area contributed by atoms with Gasteiger partial charge in [0.05, 0.1) is 29.1 Å². The SMILES string of the molecule is CC(C)C(=O)NCCNC(=O)c1cc(-c2cccnc2)nc2c1cnn2Cc1ccco1. The van der Waals surface area contributed by atoms with Crippen molar-refractivity contribution in [1.82, 2.24) is 30.4 Å². The molecule has 0 aliphatic rings. The van der Waals surface area contributed by atoms with Crippen molar-refractivity contribution >= 4 is 22.8 Å². The average molecular weight is 432 g/mol. The van der Waals surface area contributed by atoms with E-state index in [0.29, 0.717) is 41.9 Å². The van der Waals surface area contributed by atoms with E-state index in [0.717, 1.165) is 11.3 Å². The van der Waals surface area contributed by atoms with E-state index < -0.39 is 0 Å². The fraction of sp³-hybridized carbons (Fsp3) is 0.261. The Hall–Kier alpha value is -4.01. The Labute approximate surface area is 184 Å². The van der Waals surface area contributed by atoms with Crippen LogP contribution < -0.4 is 10.6 Å². The minimum Gasteiger partial charge on any atom is -0.467 e. The van der Waals surface area contributed by atoms with Crippen LogP contribution in [0.5, 0.6) is 0 Å². The summed E-state index contributed by atoms with van der Waals surface area (Å²) in [5.41, 5.74) is 2.43. The molecule has 0 fully saturated rings. The highest BCUT2D eigenvalue weighted by Gasteiger charge is 2.18. The van der Waals surface area contributed by atoms with E-state index in [2.05, 4.69) is 20.7 Å². The first-order valence-electron chi connectivity index (χ1n) is 10.4. The summed E-state index contributed by atoms with van der Waals surface area (Å²) in [7, 11) is 0. The Bertz CT molecular complexity index is 1220. The maximum Gasteiger partial charge on any atom is 0.252 e. The number of pyridine rings is 2. The normalized spacial score (nSPS) is 11.1. The predicted octanol–water partition coefficient (Wildman–Crippen LogP) is 2.64. The molecule has 2 amide bonds. The number of nitrogens with one attached hydrogen (secondary N) is 2. The zero-order valence-corrected chi connectivity index (χ0v) is 17.9. The number of carbonyl (C=O) groups is 2. The molecule has 0 saturated heterocycles. The quantitative estimate of drug-likeness (QED) is 0.414. The van der Waals surface area contributed by atoms with E-state index in [9.17, 15) is 9.59 Å². The number of hydrogen-bond donors (Lipinski definition) is 2. The molecular weight excluding hydrogens is 408 g/mol. The lowest BCUT2D eigenvalue weighted by Crippen LogP contribution is -2.36. The molecule has 4 rings (SSSR count). The number of nitrogens with zero attached hydrogens (tertiary/aromatic N) is 4. The molecule has 4 aromatic heterocycles. The Balaban J connectivity index is 1.63. The number of hydrogen-bond acceptors (Lipinski definition) is 6. The minimum absolute atomic E-state index is 0.0522. The monoisotopic (exact) mass is 432 g/mol. The molecule has 164 valence electrons. The molecule has 0 unspecified atom stereocenters. The fourth-order valence-electron chi connectivity index (χ4n) is 3.22. The maximum absolute atomic E-state index is 13.0. The van der Waals surface area contributed by atoms with E-state index in [1.165, 1.54) is 0 Å². The lowest BCUT2D eigenvalue weighted by molar-refractivity contribution is -0.123. The Kier molecular flexibility index (Phi) is 6.25. The summed E-state index contributed by atoms with van der Waals surface area (Å²) >= 11 is 0. The van der Waals surface area contributed by atoms with Gasteiger partial charge in [-0.3, -0.25) is 14.6 Å². The van der Waals surface area contributed by atoms with Crippen LogP contribution in [0, 0.1) is 5.92 Å². The van der Waals surface area contributed by atoms with Crippen LogP contribution in [-0.4, -0.2) is 44.7 Å². The Morgan fingerprint density at radius 1 is 1.12 bits per heavy atom. The summed E-state index contributed by atoms with van der Waals surface area (Å²) in [5, 5.41) is 10.7. The molecule has 9 nitrogen and oxygen atoms in total. The van der Waals surface area contributed by atoms with Crippen molar-refractivity contribution in [3.05, 3.63) is 66.5 Å². The number of rotatable bonds is 8. The summed E-state index contributed by atoms with van der Waals surface area (Å²) in [6, 6.07) is 9.11. The maximum atomic E-state index is 13.0. The van der Waals surface area contributed by atoms with Crippen molar-refractivity contribution in [3.63, 3.8) is 0 Å². The summed E-state index contributed by atoms with van der Waals surface area (Å²) in [5.74, 6) is 0.311. The van der Waals surface area contributed by atoms with Gasteiger partial charge in [0.1, 0.15) is 12.3 Å². The van der Waals surface area contributed by atoms with Gasteiger partial charge in [-0.1, -0.05) is 13.8 Å². The van der Waals surface area contributed by atoms with Gasteiger partial charge in [-0.05, 0) is 30.3 Å². The van der Waals surface area contributed by atoms with E-state index in [1.807, 2.05) is 38.1 Å². The highest BCUT2D eigenvalue weighted by Crippen LogP contribution is 2.25. The lowest BCUT2D eigenvalue weighted by atomic mass is 10.1. The largest absolute Gasteiger partial charge is 0.467 e. The zero-order valence-electron chi connectivity index (χ0n) is 17.9. The molecule has 0 atom stereocenters. The Morgan fingerprint density at radius 2 is 1.97 bits per heavy atom. The van der Waals surface area contributed by atoms with E-state index in [-0.39, 0.29) is 17.7 Å². The van der Waals surface area contributed by atoms with Crippen LogP contribution in [0.25, 0.3) is 22.3 Å². The van der Waals surface area contributed by atoms with Gasteiger partial charge in [0.15, 0.2) is 5.65 Å². The summed E-state index contributed by atoms with van der Waals surface area (Å²) in [4.78, 5) is 33.6. The van der Waals surface area contributed by atoms with Gasteiger partial charge in [-0.2, -0.15) is 5.10 Å². The van der Waals surface area contributed by atoms with Crippen LogP contribution in [0.1, 0.15) is 30.0 Å². The second kappa shape index (κ2) is 9.42. The van der Waals surface area contributed by atoms with Crippen LogP contribution in [0.2, 0.25) is 0 Å². The molecule has 0 spiro atoms. The Morgan fingerprint density at radius 3 is 2.69 bits per heavy atom. The third kappa shape index (κ3) is 4.66. The molecule has 0 aromatic carbocycles. The van der Waals surface area contributed by atoms with Crippen molar-refractivity contribution < 1.29 is 14.0 Å². The van der Waals surface area contributed by atoms with E-state index >= 15 is 0 Å². The second-order valence-corrected chi connectivity index (χ2v) is 7.62. The molecule has 4 aromatic rings. The molecule has 0 radical (unpaired) electrons. The first-order valence-corrected chi connectivity index (χ1v) is 10.4. The van der Waals surface area contributed by atoms with Gasteiger partial charge >= 0.3 is 0 Å². The van der Waals surface area contributed by atoms with Crippen LogP contribution >= 0.6 is 0 Å². The van der Waals surface area contributed by atoms with Crippen molar-refractivity contribution in [2.75, 3.05) is 13.1 Å². The molecule has 4 heterocycles. The number of carbonyl (C=O) groups excluding carboxylic acids is 2. The van der Waals surface area contributed by atoms with Crippen molar-refractivity contribution in [2.24, 2.45) is 5.92 Å². The zero-order chi connectivity index (χ0) is 22.5. The third-order valence-corrected chi connectivity index (χ3v) is 4.93. The van der Waals surface area contributed by atoms with Crippen LogP contribution in [-0.2, 0) is 11.3 Å². The molecule has 0 aliphatic carbocycles. The number of fused-ring (bicyclic) bond motifs is 1. The molecule has 0 bridgehead atoms. The van der Waals surface area contributed by atoms with Gasteiger partial charge in [-0.25, -0.2) is 9.67 Å². The molecule has 9 heteroatoms. The van der Waals surface area contributed by atoms with Gasteiger partial charge in [0.25, 0.3) is 5.91 Å². The predicted molar refractivity (Wildman–Crippen MR) is 119 cm³/mol. The summed E-state index contributed by atoms with van der Waals surface area (Å²) in [6.45, 7) is 4.69. The summed E-state index contributed by atoms with van der Waals surface area (Å²) < 4.78 is 7.14. The van der Waals surface area contributed by atoms with E-state index in [1.54, 1.807) is 35.6 Å². The summed E-state index contributed by atoms with van der Waals surface area (Å²) in [6.07, 6.45) is 6.62. The van der Waals surface area contributed by atoms with Crippen molar-refractivity contribution in [1.29, 1.82) is 0 Å². The second-order valence-electron chi connectivity index (χ2n) is 7.62. The number of aromatic nitrogens is 4. The molecule has 0 saturated carbocycles. The molecule has 32 heavy (non-hydrogen) atoms. The topological polar surface area (TPSA) is 115 Å². The minimum atomic E-state index is -0.265. The first kappa shape index (κ1) is 21.2. The lowest BCUT2D eigenvalue weighted by Gasteiger charge is -2.11. The van der Waals surface area contributed by atoms with Gasteiger partial charge in [0.2, 0.25) is 5.91 Å². The first-order chi connectivity index (χ1) is 15.5. The van der Waals surface area contributed by atoms with Crippen molar-refractivity contribution in [2.45, 2.75) is 20.4 Å². The number of furan rings is 1. The molecular formula is C23H24N6O3. The molecule has 2 N–H and O–H groups in total. The van der Waals surface area contributed by atoms with Crippen LogP contribution in [0.15, 0.2) is 59.6 Å². The smallest absolute Gasteiger partial charge is 0.252 e. The highest BCUT2D eigenvalue weighted by atomic mass is 16.3. The standard InChI is InChI=1S/C23H24N6O3/c1-15(2)22(30)25-8-9-26-23(31)18-11-20(16-5-3-7-24-12-16)28-21-19(18)13-27-29(21)14-17-6-4-10-32-17/h3-7,10-13,15H,8-9,14H2,1-2H3,(H,25,30)(H,26,31). The van der Waals surface area contributed by atoms with Gasteiger partial charge in [0, 0.05) is 37.0 Å². The van der Waals surface area contributed by atoms with Crippen molar-refractivity contribution in [3.8, 4) is 11.3 Å². The number of amides is 2. The highest BCUT2D eigenvalue weighted by molar-refractivity contribution is 6.06.